The number of nitrogens with zero attached hydrogens (tertiary/aromatic N) is 3. The van der Waals surface area contributed by atoms with Crippen LogP contribution in [0.15, 0.2) is 6.33 Å². The zero-order chi connectivity index (χ0) is 13.7. The van der Waals surface area contributed by atoms with Gasteiger partial charge in [0.25, 0.3) is 0 Å². The highest BCUT2D eigenvalue weighted by Gasteiger charge is 2.20. The Morgan fingerprint density at radius 2 is 2.22 bits per heavy atom. The van der Waals surface area contributed by atoms with Gasteiger partial charge < -0.3 is 14.7 Å². The molecule has 1 rings (SSSR count). The van der Waals surface area contributed by atoms with Crippen LogP contribution in [0.4, 0.5) is 5.82 Å². The summed E-state index contributed by atoms with van der Waals surface area (Å²) in [4.78, 5) is 21.0. The van der Waals surface area contributed by atoms with Gasteiger partial charge in [-0.15, -0.1) is 0 Å². The standard InChI is InChI=1S/C12H19N3O3/c1-5-15(8(2)6-10(16)17)11-9(3)12(18-4)14-7-13-11/h7-8H,5-6H2,1-4H3,(H,16,17). The molecular formula is C12H19N3O3. The van der Waals surface area contributed by atoms with Crippen LogP contribution in [0.2, 0.25) is 0 Å². The topological polar surface area (TPSA) is 75.5 Å². The molecule has 1 heterocycles. The lowest BCUT2D eigenvalue weighted by atomic mass is 10.2. The van der Waals surface area contributed by atoms with Gasteiger partial charge in [-0.05, 0) is 20.8 Å². The zero-order valence-electron chi connectivity index (χ0n) is 11.2. The summed E-state index contributed by atoms with van der Waals surface area (Å²) in [5, 5.41) is 8.86. The Morgan fingerprint density at radius 1 is 1.56 bits per heavy atom. The minimum absolute atomic E-state index is 0.0690. The molecule has 0 radical (unpaired) electrons. The van der Waals surface area contributed by atoms with Crippen LogP contribution >= 0.6 is 0 Å². The Kier molecular flexibility index (Phi) is 4.88. The fourth-order valence-electron chi connectivity index (χ4n) is 1.95. The molecule has 6 nitrogen and oxygen atoms in total. The molecule has 1 unspecified atom stereocenters. The number of ether oxygens (including phenoxy) is 1. The first kappa shape index (κ1) is 14.2. The summed E-state index contributed by atoms with van der Waals surface area (Å²) in [6.07, 6.45) is 1.50. The number of hydrogen-bond donors (Lipinski definition) is 1. The molecule has 0 spiro atoms. The molecule has 18 heavy (non-hydrogen) atoms. The van der Waals surface area contributed by atoms with Crippen LogP contribution in [0.3, 0.4) is 0 Å². The molecule has 0 aliphatic heterocycles. The van der Waals surface area contributed by atoms with Crippen molar-refractivity contribution in [2.45, 2.75) is 33.2 Å². The average molecular weight is 253 g/mol. The van der Waals surface area contributed by atoms with Crippen LogP contribution in [0.1, 0.15) is 25.8 Å². The summed E-state index contributed by atoms with van der Waals surface area (Å²) in [6.45, 7) is 6.37. The normalized spacial score (nSPS) is 12.0. The van der Waals surface area contributed by atoms with Crippen molar-refractivity contribution in [1.82, 2.24) is 9.97 Å². The molecule has 0 bridgehead atoms. The molecule has 0 saturated heterocycles. The summed E-state index contributed by atoms with van der Waals surface area (Å²) >= 11 is 0. The molecule has 1 atom stereocenters. The molecule has 0 saturated carbocycles. The minimum atomic E-state index is -0.820. The van der Waals surface area contributed by atoms with E-state index < -0.39 is 5.97 Å². The van der Waals surface area contributed by atoms with E-state index in [0.717, 1.165) is 11.4 Å². The van der Waals surface area contributed by atoms with E-state index in [-0.39, 0.29) is 12.5 Å². The van der Waals surface area contributed by atoms with E-state index >= 15 is 0 Å². The van der Waals surface area contributed by atoms with Gasteiger partial charge >= 0.3 is 5.97 Å². The number of methoxy groups -OCH3 is 1. The fourth-order valence-corrected chi connectivity index (χ4v) is 1.95. The van der Waals surface area contributed by atoms with Crippen molar-refractivity contribution in [3.63, 3.8) is 0 Å². The number of anilines is 1. The highest BCUT2D eigenvalue weighted by Crippen LogP contribution is 2.25. The van der Waals surface area contributed by atoms with Crippen molar-refractivity contribution in [2.24, 2.45) is 0 Å². The van der Waals surface area contributed by atoms with Gasteiger partial charge in [-0.25, -0.2) is 9.97 Å². The van der Waals surface area contributed by atoms with Crippen LogP contribution in [-0.2, 0) is 4.79 Å². The van der Waals surface area contributed by atoms with Gasteiger partial charge in [0.2, 0.25) is 5.88 Å². The Hall–Kier alpha value is -1.85. The molecule has 0 amide bonds. The van der Waals surface area contributed by atoms with Gasteiger partial charge in [0.1, 0.15) is 12.1 Å². The summed E-state index contributed by atoms with van der Waals surface area (Å²) in [5.41, 5.74) is 0.819. The van der Waals surface area contributed by atoms with Crippen molar-refractivity contribution in [1.29, 1.82) is 0 Å². The van der Waals surface area contributed by atoms with Crippen molar-refractivity contribution in [3.05, 3.63) is 11.9 Å². The van der Waals surface area contributed by atoms with E-state index in [0.29, 0.717) is 12.4 Å². The van der Waals surface area contributed by atoms with Crippen LogP contribution in [0, 0.1) is 6.92 Å². The quantitative estimate of drug-likeness (QED) is 0.827. The number of aromatic nitrogens is 2. The van der Waals surface area contributed by atoms with Gasteiger partial charge in [-0.2, -0.15) is 0 Å². The summed E-state index contributed by atoms with van der Waals surface area (Å²) in [7, 11) is 1.55. The number of aliphatic carboxylic acids is 1. The predicted octanol–water partition coefficient (Wildman–Crippen LogP) is 1.48. The van der Waals surface area contributed by atoms with Crippen molar-refractivity contribution < 1.29 is 14.6 Å². The van der Waals surface area contributed by atoms with E-state index in [4.69, 9.17) is 9.84 Å². The monoisotopic (exact) mass is 253 g/mol. The second kappa shape index (κ2) is 6.18. The Labute approximate surface area is 107 Å². The summed E-state index contributed by atoms with van der Waals surface area (Å²) < 4.78 is 5.15. The van der Waals surface area contributed by atoms with Crippen LogP contribution in [-0.4, -0.2) is 40.7 Å². The van der Waals surface area contributed by atoms with Crippen LogP contribution < -0.4 is 9.64 Å². The highest BCUT2D eigenvalue weighted by molar-refractivity contribution is 5.68. The third-order valence-electron chi connectivity index (χ3n) is 2.82. The first-order valence-corrected chi connectivity index (χ1v) is 5.85. The average Bonchev–Trinajstić information content (AvgIpc) is 2.31. The lowest BCUT2D eigenvalue weighted by Gasteiger charge is -2.29. The molecule has 100 valence electrons. The Balaban J connectivity index is 3.05. The van der Waals surface area contributed by atoms with E-state index in [9.17, 15) is 4.79 Å². The van der Waals surface area contributed by atoms with Gasteiger partial charge in [0.15, 0.2) is 0 Å². The minimum Gasteiger partial charge on any atom is -0.481 e. The van der Waals surface area contributed by atoms with Crippen molar-refractivity contribution >= 4 is 11.8 Å². The molecule has 0 aromatic carbocycles. The zero-order valence-corrected chi connectivity index (χ0v) is 11.2. The number of carbonyl (C=O) groups is 1. The van der Waals surface area contributed by atoms with Crippen molar-refractivity contribution in [3.8, 4) is 5.88 Å². The molecule has 0 aliphatic carbocycles. The van der Waals surface area contributed by atoms with Gasteiger partial charge in [0.05, 0.1) is 19.1 Å². The number of rotatable bonds is 6. The molecule has 0 fully saturated rings. The van der Waals surface area contributed by atoms with Crippen LogP contribution in [0.25, 0.3) is 0 Å². The van der Waals surface area contributed by atoms with Crippen molar-refractivity contribution in [2.75, 3.05) is 18.6 Å². The maximum absolute atomic E-state index is 10.8. The molecular weight excluding hydrogens is 234 g/mol. The fraction of sp³-hybridized carbons (Fsp3) is 0.583. The molecule has 1 aromatic heterocycles. The van der Waals surface area contributed by atoms with Gasteiger partial charge in [-0.3, -0.25) is 4.79 Å². The highest BCUT2D eigenvalue weighted by atomic mass is 16.5. The SMILES string of the molecule is CCN(c1ncnc(OC)c1C)C(C)CC(=O)O. The summed E-state index contributed by atoms with van der Waals surface area (Å²) in [6, 6.07) is -0.134. The maximum atomic E-state index is 10.8. The van der Waals surface area contributed by atoms with E-state index in [1.165, 1.54) is 6.33 Å². The first-order chi connectivity index (χ1) is 8.51. The lowest BCUT2D eigenvalue weighted by Crippen LogP contribution is -2.35. The molecule has 0 aliphatic rings. The number of hydrogen-bond acceptors (Lipinski definition) is 5. The van der Waals surface area contributed by atoms with E-state index in [2.05, 4.69) is 9.97 Å². The smallest absolute Gasteiger partial charge is 0.305 e. The lowest BCUT2D eigenvalue weighted by molar-refractivity contribution is -0.137. The van der Waals surface area contributed by atoms with Gasteiger partial charge in [-0.1, -0.05) is 0 Å². The maximum Gasteiger partial charge on any atom is 0.305 e. The Bertz CT molecular complexity index is 423. The number of carboxylic acids is 1. The second-order valence-electron chi connectivity index (χ2n) is 4.06. The summed E-state index contributed by atoms with van der Waals surface area (Å²) in [5.74, 6) is 0.415. The third-order valence-corrected chi connectivity index (χ3v) is 2.82. The molecule has 1 N–H and O–H groups in total. The molecule has 6 heteroatoms. The largest absolute Gasteiger partial charge is 0.481 e. The number of carboxylic acid groups (broad SMARTS) is 1. The molecule has 1 aromatic rings. The predicted molar refractivity (Wildman–Crippen MR) is 68.1 cm³/mol. The van der Waals surface area contributed by atoms with E-state index in [1.54, 1.807) is 7.11 Å². The van der Waals surface area contributed by atoms with Crippen LogP contribution in [0.5, 0.6) is 5.88 Å². The Morgan fingerprint density at radius 3 is 2.72 bits per heavy atom. The van der Waals surface area contributed by atoms with E-state index in [1.807, 2.05) is 25.7 Å². The first-order valence-electron chi connectivity index (χ1n) is 5.85. The third kappa shape index (κ3) is 3.09. The van der Waals surface area contributed by atoms with Gasteiger partial charge in [0, 0.05) is 12.6 Å². The second-order valence-corrected chi connectivity index (χ2v) is 4.06.